The van der Waals surface area contributed by atoms with Gasteiger partial charge in [-0.15, -0.1) is 23.1 Å². The molecule has 7 heteroatoms. The van der Waals surface area contributed by atoms with Crippen molar-refractivity contribution < 1.29 is 4.79 Å². The molecular formula is C17H24N4OS2. The zero-order chi connectivity index (χ0) is 17.1. The molecule has 0 bridgehead atoms. The summed E-state index contributed by atoms with van der Waals surface area (Å²) in [6, 6.07) is 2.53. The summed E-state index contributed by atoms with van der Waals surface area (Å²) in [5, 5.41) is 2.10. The van der Waals surface area contributed by atoms with Gasteiger partial charge in [-0.25, -0.2) is 9.97 Å². The number of thioether (sulfide) groups is 1. The minimum atomic E-state index is 0.240. The number of aromatic nitrogens is 2. The number of carbonyl (C=O) groups is 1. The topological polar surface area (TPSA) is 49.3 Å². The van der Waals surface area contributed by atoms with Crippen LogP contribution in [0.2, 0.25) is 0 Å². The Bertz CT molecular complexity index is 710. The molecule has 1 aliphatic heterocycles. The zero-order valence-electron chi connectivity index (χ0n) is 14.5. The van der Waals surface area contributed by atoms with Gasteiger partial charge in [-0.2, -0.15) is 0 Å². The Morgan fingerprint density at radius 3 is 2.92 bits per heavy atom. The number of thiophene rings is 1. The van der Waals surface area contributed by atoms with Gasteiger partial charge in [0.15, 0.2) is 0 Å². The molecule has 5 nitrogen and oxygen atoms in total. The summed E-state index contributed by atoms with van der Waals surface area (Å²) in [6.45, 7) is 4.24. The van der Waals surface area contributed by atoms with Gasteiger partial charge in [-0.3, -0.25) is 4.79 Å². The number of fused-ring (bicyclic) bond motifs is 1. The van der Waals surface area contributed by atoms with Gasteiger partial charge in [-0.1, -0.05) is 0 Å². The number of hydrogen-bond donors (Lipinski definition) is 0. The van der Waals surface area contributed by atoms with Crippen molar-refractivity contribution in [2.75, 3.05) is 32.9 Å². The second-order valence-corrected chi connectivity index (χ2v) is 8.71. The Hall–Kier alpha value is -1.18. The Kier molecular flexibility index (Phi) is 5.73. The smallest absolute Gasteiger partial charge is 0.223 e. The fourth-order valence-electron chi connectivity index (χ4n) is 3.07. The first kappa shape index (κ1) is 17.6. The maximum Gasteiger partial charge on any atom is 0.223 e. The fraction of sp³-hybridized carbons (Fsp3) is 0.588. The minimum Gasteiger partial charge on any atom is -0.343 e. The van der Waals surface area contributed by atoms with E-state index < -0.39 is 0 Å². The molecule has 1 saturated heterocycles. The van der Waals surface area contributed by atoms with E-state index in [1.165, 1.54) is 4.88 Å². The molecule has 0 atom stereocenters. The third-order valence-electron chi connectivity index (χ3n) is 4.60. The van der Waals surface area contributed by atoms with Crippen molar-refractivity contribution in [3.8, 4) is 0 Å². The molecule has 130 valence electrons. The van der Waals surface area contributed by atoms with Crippen LogP contribution in [-0.4, -0.2) is 64.7 Å². The average molecular weight is 365 g/mol. The van der Waals surface area contributed by atoms with Crippen LogP contribution in [-0.2, 0) is 4.79 Å². The predicted molar refractivity (Wildman–Crippen MR) is 101 cm³/mol. The van der Waals surface area contributed by atoms with Gasteiger partial charge < -0.3 is 9.80 Å². The Morgan fingerprint density at radius 1 is 1.42 bits per heavy atom. The minimum absolute atomic E-state index is 0.240. The lowest BCUT2D eigenvalue weighted by Gasteiger charge is -2.35. The maximum atomic E-state index is 12.5. The molecule has 0 aromatic carbocycles. The van der Waals surface area contributed by atoms with E-state index in [1.54, 1.807) is 29.4 Å². The van der Waals surface area contributed by atoms with Crippen LogP contribution >= 0.6 is 23.1 Å². The molecule has 0 N–H and O–H groups in total. The number of nitrogens with zero attached hydrogens (tertiary/aromatic N) is 4. The lowest BCUT2D eigenvalue weighted by Crippen LogP contribution is -2.44. The lowest BCUT2D eigenvalue weighted by molar-refractivity contribution is -0.132. The highest BCUT2D eigenvalue weighted by Crippen LogP contribution is 2.30. The van der Waals surface area contributed by atoms with E-state index in [0.29, 0.717) is 12.5 Å². The molecule has 24 heavy (non-hydrogen) atoms. The second kappa shape index (κ2) is 7.80. The van der Waals surface area contributed by atoms with Gasteiger partial charge in [0, 0.05) is 35.5 Å². The van der Waals surface area contributed by atoms with Crippen LogP contribution in [0.15, 0.2) is 17.4 Å². The summed E-state index contributed by atoms with van der Waals surface area (Å²) < 4.78 is 0. The van der Waals surface area contributed by atoms with Crippen molar-refractivity contribution in [1.29, 1.82) is 0 Å². The molecule has 1 fully saturated rings. The molecule has 0 radical (unpaired) electrons. The molecule has 0 saturated carbocycles. The quantitative estimate of drug-likeness (QED) is 0.603. The molecule has 2 aromatic rings. The first-order valence-corrected chi connectivity index (χ1v) is 10.1. The molecule has 1 aliphatic rings. The van der Waals surface area contributed by atoms with Gasteiger partial charge in [0.1, 0.15) is 16.2 Å². The average Bonchev–Trinajstić information content (AvgIpc) is 2.96. The van der Waals surface area contributed by atoms with Gasteiger partial charge in [-0.05, 0) is 46.0 Å². The summed E-state index contributed by atoms with van der Waals surface area (Å²) in [5.41, 5.74) is 0. The highest BCUT2D eigenvalue weighted by Gasteiger charge is 2.23. The third kappa shape index (κ3) is 4.07. The first-order valence-electron chi connectivity index (χ1n) is 8.32. The molecule has 2 aromatic heterocycles. The summed E-state index contributed by atoms with van der Waals surface area (Å²) >= 11 is 3.34. The van der Waals surface area contributed by atoms with E-state index in [2.05, 4.69) is 34.9 Å². The summed E-state index contributed by atoms with van der Waals surface area (Å²) in [4.78, 5) is 27.7. The van der Waals surface area contributed by atoms with Crippen LogP contribution in [0.5, 0.6) is 0 Å². The molecule has 0 unspecified atom stereocenters. The fourth-order valence-corrected chi connectivity index (χ4v) is 4.88. The molecular weight excluding hydrogens is 340 g/mol. The highest BCUT2D eigenvalue weighted by molar-refractivity contribution is 7.99. The van der Waals surface area contributed by atoms with Crippen molar-refractivity contribution in [3.05, 3.63) is 17.3 Å². The highest BCUT2D eigenvalue weighted by atomic mass is 32.2. The lowest BCUT2D eigenvalue weighted by atomic mass is 10.0. The standard InChI is InChI=1S/C17H24N4OS2/c1-12-10-14-16(18-11-19-17(14)24-12)23-9-6-15(22)21(3)13-4-7-20(2)8-5-13/h10-11,13H,4-9H2,1-3H3. The largest absolute Gasteiger partial charge is 0.343 e. The number of likely N-dealkylation sites (tertiary alicyclic amines) is 1. The number of rotatable bonds is 5. The molecule has 3 rings (SSSR count). The van der Waals surface area contributed by atoms with E-state index in [-0.39, 0.29) is 5.91 Å². The summed E-state index contributed by atoms with van der Waals surface area (Å²) in [6.07, 6.45) is 4.33. The van der Waals surface area contributed by atoms with Crippen LogP contribution < -0.4 is 0 Å². The van der Waals surface area contributed by atoms with Crippen LogP contribution in [0, 0.1) is 6.92 Å². The zero-order valence-corrected chi connectivity index (χ0v) is 16.1. The number of hydrogen-bond acceptors (Lipinski definition) is 6. The van der Waals surface area contributed by atoms with Gasteiger partial charge >= 0.3 is 0 Å². The van der Waals surface area contributed by atoms with Gasteiger partial charge in [0.2, 0.25) is 5.91 Å². The van der Waals surface area contributed by atoms with Crippen molar-refractivity contribution in [3.63, 3.8) is 0 Å². The van der Waals surface area contributed by atoms with Crippen molar-refractivity contribution in [2.24, 2.45) is 0 Å². The number of carbonyl (C=O) groups excluding carboxylic acids is 1. The Morgan fingerprint density at radius 2 is 2.17 bits per heavy atom. The van der Waals surface area contributed by atoms with E-state index in [1.807, 2.05) is 11.9 Å². The molecule has 1 amide bonds. The first-order chi connectivity index (χ1) is 11.5. The number of aryl methyl sites for hydroxylation is 1. The second-order valence-electron chi connectivity index (χ2n) is 6.39. The normalized spacial score (nSPS) is 16.6. The van der Waals surface area contributed by atoms with E-state index >= 15 is 0 Å². The Labute approximate surface area is 151 Å². The van der Waals surface area contributed by atoms with Gasteiger partial charge in [0.25, 0.3) is 0 Å². The van der Waals surface area contributed by atoms with Crippen LogP contribution in [0.1, 0.15) is 24.1 Å². The summed E-state index contributed by atoms with van der Waals surface area (Å²) in [5.74, 6) is 1.00. The van der Waals surface area contributed by atoms with Crippen molar-refractivity contribution >= 4 is 39.2 Å². The number of piperidine rings is 1. The van der Waals surface area contributed by atoms with E-state index in [9.17, 15) is 4.79 Å². The maximum absolute atomic E-state index is 12.5. The molecule has 3 heterocycles. The van der Waals surface area contributed by atoms with Crippen molar-refractivity contribution in [1.82, 2.24) is 19.8 Å². The van der Waals surface area contributed by atoms with Gasteiger partial charge in [0.05, 0.1) is 0 Å². The SMILES string of the molecule is Cc1cc2c(SCCC(=O)N(C)C3CCN(C)CC3)ncnc2s1. The Balaban J connectivity index is 1.52. The predicted octanol–water partition coefficient (Wildman–Crippen LogP) is 3.03. The monoisotopic (exact) mass is 364 g/mol. The summed E-state index contributed by atoms with van der Waals surface area (Å²) in [7, 11) is 4.09. The number of amides is 1. The molecule has 0 aliphatic carbocycles. The van der Waals surface area contributed by atoms with Crippen LogP contribution in [0.25, 0.3) is 10.2 Å². The van der Waals surface area contributed by atoms with E-state index in [4.69, 9.17) is 0 Å². The van der Waals surface area contributed by atoms with Crippen molar-refractivity contribution in [2.45, 2.75) is 37.3 Å². The van der Waals surface area contributed by atoms with Crippen LogP contribution in [0.4, 0.5) is 0 Å². The van der Waals surface area contributed by atoms with Crippen LogP contribution in [0.3, 0.4) is 0 Å². The molecule has 0 spiro atoms. The third-order valence-corrected chi connectivity index (χ3v) is 6.57. The van der Waals surface area contributed by atoms with E-state index in [0.717, 1.165) is 46.9 Å².